The molecule has 0 fully saturated rings. The molecule has 0 bridgehead atoms. The monoisotopic (exact) mass is 270 g/mol. The quantitative estimate of drug-likeness (QED) is 0.863. The van der Waals surface area contributed by atoms with Crippen LogP contribution in [0, 0.1) is 13.8 Å². The van der Waals surface area contributed by atoms with E-state index in [2.05, 4.69) is 25.8 Å². The maximum absolute atomic E-state index is 11.0. The molecule has 4 nitrogen and oxygen atoms in total. The lowest BCUT2D eigenvalue weighted by Crippen LogP contribution is -2.38. The number of hydrogen-bond acceptors (Lipinski definition) is 4. The van der Waals surface area contributed by atoms with Crippen LogP contribution in [0.4, 0.5) is 0 Å². The summed E-state index contributed by atoms with van der Waals surface area (Å²) in [6.45, 7) is 10.3. The number of aryl methyl sites for hydroxylation is 2. The minimum atomic E-state index is -0.777. The van der Waals surface area contributed by atoms with E-state index in [1.165, 1.54) is 4.88 Å². The van der Waals surface area contributed by atoms with Crippen LogP contribution >= 0.6 is 11.3 Å². The Labute approximate surface area is 113 Å². The van der Waals surface area contributed by atoms with Gasteiger partial charge in [-0.05, 0) is 34.1 Å². The molecule has 1 aromatic rings. The van der Waals surface area contributed by atoms with Crippen LogP contribution in [0.15, 0.2) is 0 Å². The summed E-state index contributed by atoms with van der Waals surface area (Å²) < 4.78 is 0. The van der Waals surface area contributed by atoms with Gasteiger partial charge in [0, 0.05) is 17.0 Å². The Morgan fingerprint density at radius 2 is 2.06 bits per heavy atom. The number of rotatable bonds is 6. The van der Waals surface area contributed by atoms with Gasteiger partial charge in [0.25, 0.3) is 0 Å². The molecule has 0 saturated heterocycles. The summed E-state index contributed by atoms with van der Waals surface area (Å²) in [6.07, 6.45) is 0.939. The van der Waals surface area contributed by atoms with Crippen LogP contribution in [0.2, 0.25) is 0 Å². The first kappa shape index (κ1) is 15.1. The predicted molar refractivity (Wildman–Crippen MR) is 74.1 cm³/mol. The van der Waals surface area contributed by atoms with Crippen molar-refractivity contribution in [3.63, 3.8) is 0 Å². The summed E-state index contributed by atoms with van der Waals surface area (Å²) in [6, 6.07) is 0.347. The Balaban J connectivity index is 2.97. The van der Waals surface area contributed by atoms with E-state index < -0.39 is 5.97 Å². The van der Waals surface area contributed by atoms with E-state index in [1.54, 1.807) is 11.3 Å². The van der Waals surface area contributed by atoms with E-state index in [1.807, 2.05) is 18.7 Å². The number of carboxylic acid groups (broad SMARTS) is 1. The molecule has 18 heavy (non-hydrogen) atoms. The van der Waals surface area contributed by atoms with E-state index in [0.717, 1.165) is 17.1 Å². The lowest BCUT2D eigenvalue weighted by atomic mass is 10.1. The zero-order valence-electron chi connectivity index (χ0n) is 11.7. The fourth-order valence-electron chi connectivity index (χ4n) is 2.15. The van der Waals surface area contributed by atoms with Crippen molar-refractivity contribution in [3.05, 3.63) is 15.6 Å². The van der Waals surface area contributed by atoms with Gasteiger partial charge in [0.15, 0.2) is 0 Å². The molecule has 0 aliphatic carbocycles. The van der Waals surface area contributed by atoms with Gasteiger partial charge in [-0.3, -0.25) is 9.69 Å². The Bertz CT molecular complexity index is 417. The van der Waals surface area contributed by atoms with Crippen molar-refractivity contribution in [2.75, 3.05) is 6.54 Å². The molecule has 0 spiro atoms. The van der Waals surface area contributed by atoms with Crippen molar-refractivity contribution >= 4 is 17.3 Å². The van der Waals surface area contributed by atoms with E-state index in [0.29, 0.717) is 0 Å². The summed E-state index contributed by atoms with van der Waals surface area (Å²) in [5.41, 5.74) is 1.02. The third kappa shape index (κ3) is 3.53. The maximum atomic E-state index is 11.0. The highest BCUT2D eigenvalue weighted by Gasteiger charge is 2.25. The van der Waals surface area contributed by atoms with Gasteiger partial charge in [0.05, 0.1) is 17.2 Å². The summed E-state index contributed by atoms with van der Waals surface area (Å²) in [5, 5.41) is 10.1. The number of hydrogen-bond donors (Lipinski definition) is 1. The molecule has 2 unspecified atom stereocenters. The topological polar surface area (TPSA) is 53.4 Å². The van der Waals surface area contributed by atoms with Crippen LogP contribution in [0.3, 0.4) is 0 Å². The highest BCUT2D eigenvalue weighted by molar-refractivity contribution is 7.11. The third-order valence-electron chi connectivity index (χ3n) is 3.29. The average Bonchev–Trinajstić information content (AvgIpc) is 2.63. The van der Waals surface area contributed by atoms with Crippen LogP contribution in [-0.4, -0.2) is 33.5 Å². The minimum absolute atomic E-state index is 0.0760. The van der Waals surface area contributed by atoms with Gasteiger partial charge < -0.3 is 5.11 Å². The van der Waals surface area contributed by atoms with Crippen LogP contribution in [0.25, 0.3) is 0 Å². The molecule has 1 rings (SSSR count). The smallest absolute Gasteiger partial charge is 0.317 e. The predicted octanol–water partition coefficient (Wildman–Crippen LogP) is 3.01. The highest BCUT2D eigenvalue weighted by Crippen LogP contribution is 2.30. The molecule has 1 N–H and O–H groups in total. The Morgan fingerprint density at radius 1 is 1.44 bits per heavy atom. The molecule has 0 radical (unpaired) electrons. The number of aliphatic carboxylic acids is 1. The van der Waals surface area contributed by atoms with Crippen molar-refractivity contribution < 1.29 is 9.90 Å². The van der Waals surface area contributed by atoms with Gasteiger partial charge in [0.1, 0.15) is 0 Å². The molecule has 0 aromatic carbocycles. The first-order chi connectivity index (χ1) is 8.36. The minimum Gasteiger partial charge on any atom is -0.480 e. The van der Waals surface area contributed by atoms with Gasteiger partial charge in [-0.15, -0.1) is 11.3 Å². The SMILES string of the molecule is CCC(C)N(CC(=O)O)C(C)c1sc(C)nc1C. The number of aromatic nitrogens is 1. The molecule has 1 aromatic heterocycles. The number of carboxylic acids is 1. The summed E-state index contributed by atoms with van der Waals surface area (Å²) in [5.74, 6) is -0.777. The summed E-state index contributed by atoms with van der Waals surface area (Å²) in [7, 11) is 0. The molecule has 5 heteroatoms. The molecule has 1 heterocycles. The second-order valence-corrected chi connectivity index (χ2v) is 5.92. The molecule has 0 aliphatic rings. The fourth-order valence-corrected chi connectivity index (χ4v) is 3.15. The largest absolute Gasteiger partial charge is 0.480 e. The fraction of sp³-hybridized carbons (Fsp3) is 0.692. The Kier molecular flexibility index (Phi) is 5.28. The summed E-state index contributed by atoms with van der Waals surface area (Å²) >= 11 is 1.66. The molecular weight excluding hydrogens is 248 g/mol. The standard InChI is InChI=1S/C13H22N2O2S/c1-6-8(2)15(7-12(16)17)10(4)13-9(3)14-11(5)18-13/h8,10H,6-7H2,1-5H3,(H,16,17). The lowest BCUT2D eigenvalue weighted by molar-refractivity contribution is -0.139. The van der Waals surface area contributed by atoms with Gasteiger partial charge in [0.2, 0.25) is 0 Å². The zero-order valence-corrected chi connectivity index (χ0v) is 12.5. The zero-order chi connectivity index (χ0) is 13.9. The van der Waals surface area contributed by atoms with Crippen molar-refractivity contribution in [3.8, 4) is 0 Å². The van der Waals surface area contributed by atoms with E-state index in [-0.39, 0.29) is 18.6 Å². The lowest BCUT2D eigenvalue weighted by Gasteiger charge is -2.32. The molecule has 2 atom stereocenters. The van der Waals surface area contributed by atoms with Gasteiger partial charge in [-0.2, -0.15) is 0 Å². The average molecular weight is 270 g/mol. The Morgan fingerprint density at radius 3 is 2.44 bits per heavy atom. The van der Waals surface area contributed by atoms with Gasteiger partial charge in [-0.1, -0.05) is 6.92 Å². The van der Waals surface area contributed by atoms with E-state index in [9.17, 15) is 4.79 Å². The summed E-state index contributed by atoms with van der Waals surface area (Å²) in [4.78, 5) is 18.6. The van der Waals surface area contributed by atoms with Crippen LogP contribution in [0.5, 0.6) is 0 Å². The van der Waals surface area contributed by atoms with Crippen LogP contribution in [0.1, 0.15) is 48.8 Å². The van der Waals surface area contributed by atoms with Crippen molar-refractivity contribution in [2.45, 2.75) is 53.1 Å². The van der Waals surface area contributed by atoms with Crippen LogP contribution < -0.4 is 0 Å². The molecule has 102 valence electrons. The van der Waals surface area contributed by atoms with E-state index in [4.69, 9.17) is 5.11 Å². The first-order valence-electron chi connectivity index (χ1n) is 6.28. The van der Waals surface area contributed by atoms with Crippen molar-refractivity contribution in [1.82, 2.24) is 9.88 Å². The van der Waals surface area contributed by atoms with Gasteiger partial charge in [-0.25, -0.2) is 4.98 Å². The molecule has 0 saturated carbocycles. The van der Waals surface area contributed by atoms with Crippen LogP contribution in [-0.2, 0) is 4.79 Å². The number of thiazole rings is 1. The van der Waals surface area contributed by atoms with Crippen molar-refractivity contribution in [1.29, 1.82) is 0 Å². The third-order valence-corrected chi connectivity index (χ3v) is 4.53. The van der Waals surface area contributed by atoms with Crippen molar-refractivity contribution in [2.24, 2.45) is 0 Å². The molecule has 0 aliphatic heterocycles. The number of nitrogens with zero attached hydrogens (tertiary/aromatic N) is 2. The Hall–Kier alpha value is -0.940. The second kappa shape index (κ2) is 6.29. The normalized spacial score (nSPS) is 14.8. The molecule has 0 amide bonds. The van der Waals surface area contributed by atoms with E-state index >= 15 is 0 Å². The number of carbonyl (C=O) groups is 1. The highest BCUT2D eigenvalue weighted by atomic mass is 32.1. The molecular formula is C13H22N2O2S. The first-order valence-corrected chi connectivity index (χ1v) is 7.09. The maximum Gasteiger partial charge on any atom is 0.317 e. The van der Waals surface area contributed by atoms with Gasteiger partial charge >= 0.3 is 5.97 Å². The second-order valence-electron chi connectivity index (χ2n) is 4.68.